The lowest BCUT2D eigenvalue weighted by Crippen LogP contribution is -2.41. The zero-order chi connectivity index (χ0) is 18.7. The number of likely N-dealkylation sites (tertiary alicyclic amines) is 1. The summed E-state index contributed by atoms with van der Waals surface area (Å²) in [5.41, 5.74) is 1.49. The van der Waals surface area contributed by atoms with Crippen LogP contribution < -0.4 is 10.9 Å². The first-order valence-electron chi connectivity index (χ1n) is 9.29. The zero-order valence-corrected chi connectivity index (χ0v) is 16.2. The average molecular weight is 378 g/mol. The summed E-state index contributed by atoms with van der Waals surface area (Å²) in [6, 6.07) is 0. The van der Waals surface area contributed by atoms with Gasteiger partial charge in [-0.2, -0.15) is 0 Å². The lowest BCUT2D eigenvalue weighted by atomic mass is 10.1. The van der Waals surface area contributed by atoms with Gasteiger partial charge in [-0.3, -0.25) is 19.0 Å². The van der Waals surface area contributed by atoms with E-state index in [1.807, 2.05) is 18.7 Å². The van der Waals surface area contributed by atoms with Crippen LogP contribution in [0.4, 0.5) is 0 Å². The lowest BCUT2D eigenvalue weighted by molar-refractivity contribution is -0.127. The van der Waals surface area contributed by atoms with Crippen LogP contribution in [0.5, 0.6) is 0 Å². The third-order valence-corrected chi connectivity index (χ3v) is 6.19. The first-order valence-corrected chi connectivity index (χ1v) is 10.3. The Hall–Kier alpha value is -1.83. The largest absolute Gasteiger partial charge is 0.356 e. The van der Waals surface area contributed by atoms with E-state index in [0.29, 0.717) is 43.4 Å². The van der Waals surface area contributed by atoms with E-state index >= 15 is 0 Å². The molecule has 1 aromatic rings. The number of carbonyl (C=O) groups is 2. The van der Waals surface area contributed by atoms with Gasteiger partial charge in [0, 0.05) is 49.6 Å². The normalized spacial score (nSPS) is 19.5. The molecule has 0 aromatic carbocycles. The molecule has 2 aliphatic heterocycles. The van der Waals surface area contributed by atoms with E-state index in [1.54, 1.807) is 4.57 Å². The molecule has 0 spiro atoms. The fourth-order valence-electron chi connectivity index (χ4n) is 3.53. The van der Waals surface area contributed by atoms with Gasteiger partial charge >= 0.3 is 0 Å². The zero-order valence-electron chi connectivity index (χ0n) is 15.4. The summed E-state index contributed by atoms with van der Waals surface area (Å²) in [5.74, 6) is 0.591. The summed E-state index contributed by atoms with van der Waals surface area (Å²) in [5, 5.41) is 3.66. The van der Waals surface area contributed by atoms with Crippen LogP contribution in [0.1, 0.15) is 37.4 Å². The molecule has 1 atom stereocenters. The Balaban J connectivity index is 1.54. The number of aromatic nitrogens is 2. The molecule has 2 aliphatic rings. The van der Waals surface area contributed by atoms with E-state index in [1.165, 1.54) is 11.8 Å². The minimum Gasteiger partial charge on any atom is -0.356 e. The maximum absolute atomic E-state index is 12.6. The van der Waals surface area contributed by atoms with E-state index in [0.717, 1.165) is 30.6 Å². The second-order valence-electron chi connectivity index (χ2n) is 6.86. The minimum absolute atomic E-state index is 0.0208. The second-order valence-corrected chi connectivity index (χ2v) is 7.85. The molecule has 7 nitrogen and oxygen atoms in total. The van der Waals surface area contributed by atoms with Gasteiger partial charge in [0.05, 0.1) is 5.92 Å². The molecule has 142 valence electrons. The number of hydrogen-bond acceptors (Lipinski definition) is 5. The van der Waals surface area contributed by atoms with Crippen LogP contribution in [0, 0.1) is 12.8 Å². The van der Waals surface area contributed by atoms with Crippen LogP contribution in [-0.2, 0) is 22.6 Å². The molecule has 0 bridgehead atoms. The minimum atomic E-state index is -0.229. The van der Waals surface area contributed by atoms with Crippen molar-refractivity contribution in [2.45, 2.75) is 51.2 Å². The molecule has 0 radical (unpaired) electrons. The van der Waals surface area contributed by atoms with Crippen LogP contribution in [0.25, 0.3) is 0 Å². The molecule has 3 rings (SSSR count). The molecule has 0 aliphatic carbocycles. The monoisotopic (exact) mass is 378 g/mol. The number of carbonyl (C=O) groups excluding carboxylic acids is 2. The quantitative estimate of drug-likeness (QED) is 0.589. The summed E-state index contributed by atoms with van der Waals surface area (Å²) < 4.78 is 1.65. The number of nitrogens with zero attached hydrogens (tertiary/aromatic N) is 3. The molecule has 2 amide bonds. The van der Waals surface area contributed by atoms with Crippen LogP contribution in [0.3, 0.4) is 0 Å². The third kappa shape index (κ3) is 3.95. The molecule has 1 unspecified atom stereocenters. The smallest absolute Gasteiger partial charge is 0.257 e. The van der Waals surface area contributed by atoms with Gasteiger partial charge in [0.2, 0.25) is 11.8 Å². The molecule has 26 heavy (non-hydrogen) atoms. The Kier molecular flexibility index (Phi) is 6.01. The van der Waals surface area contributed by atoms with Crippen molar-refractivity contribution in [1.82, 2.24) is 19.8 Å². The molecular formula is C18H26N4O3S. The van der Waals surface area contributed by atoms with E-state index in [-0.39, 0.29) is 23.3 Å². The molecular weight excluding hydrogens is 352 g/mol. The maximum atomic E-state index is 12.6. The highest BCUT2D eigenvalue weighted by atomic mass is 32.2. The molecule has 1 fully saturated rings. The summed E-state index contributed by atoms with van der Waals surface area (Å²) in [6.45, 7) is 6.28. The molecule has 1 N–H and O–H groups in total. The van der Waals surface area contributed by atoms with Crippen molar-refractivity contribution in [1.29, 1.82) is 0 Å². The summed E-state index contributed by atoms with van der Waals surface area (Å²) in [6.07, 6.45) is 2.99. The Labute approximate surface area is 157 Å². The number of amides is 2. The average Bonchev–Trinajstić information content (AvgIpc) is 3.03. The van der Waals surface area contributed by atoms with Crippen LogP contribution in [0.15, 0.2) is 9.95 Å². The van der Waals surface area contributed by atoms with Gasteiger partial charge in [0.25, 0.3) is 5.56 Å². The molecule has 3 heterocycles. The topological polar surface area (TPSA) is 84.3 Å². The number of hydrogen-bond donors (Lipinski definition) is 1. The van der Waals surface area contributed by atoms with Gasteiger partial charge in [-0.15, -0.1) is 0 Å². The molecule has 1 saturated heterocycles. The fourth-order valence-corrected chi connectivity index (χ4v) is 4.65. The van der Waals surface area contributed by atoms with Crippen LogP contribution in [0.2, 0.25) is 0 Å². The van der Waals surface area contributed by atoms with E-state index in [9.17, 15) is 14.4 Å². The van der Waals surface area contributed by atoms with Crippen molar-refractivity contribution in [3.8, 4) is 0 Å². The van der Waals surface area contributed by atoms with Gasteiger partial charge in [-0.05, 0) is 26.2 Å². The first kappa shape index (κ1) is 18.9. The van der Waals surface area contributed by atoms with Crippen molar-refractivity contribution < 1.29 is 9.59 Å². The summed E-state index contributed by atoms with van der Waals surface area (Å²) >= 11 is 1.47. The number of fused-ring (bicyclic) bond motifs is 1. The van der Waals surface area contributed by atoms with E-state index in [4.69, 9.17) is 0 Å². The number of rotatable bonds is 6. The Morgan fingerprint density at radius 1 is 1.38 bits per heavy atom. The highest BCUT2D eigenvalue weighted by molar-refractivity contribution is 7.99. The van der Waals surface area contributed by atoms with Gasteiger partial charge < -0.3 is 10.2 Å². The fraction of sp³-hybridized carbons (Fsp3) is 0.667. The van der Waals surface area contributed by atoms with Crippen LogP contribution in [-0.4, -0.2) is 51.7 Å². The van der Waals surface area contributed by atoms with Gasteiger partial charge in [0.15, 0.2) is 5.16 Å². The maximum Gasteiger partial charge on any atom is 0.257 e. The standard InChI is InChI=1S/C18H26N4O3S/c1-3-14-12(2)20-18-22(17(14)25)10-13(11-26-18)16(24)19-7-5-9-21-8-4-6-15(21)23/h13H,3-11H2,1-2H3,(H,19,24). The predicted molar refractivity (Wildman–Crippen MR) is 100 cm³/mol. The van der Waals surface area contributed by atoms with Gasteiger partial charge in [-0.25, -0.2) is 4.98 Å². The highest BCUT2D eigenvalue weighted by Gasteiger charge is 2.28. The number of aryl methyl sites for hydroxylation is 1. The first-order chi connectivity index (χ1) is 12.5. The summed E-state index contributed by atoms with van der Waals surface area (Å²) in [7, 11) is 0. The van der Waals surface area contributed by atoms with Crippen LogP contribution >= 0.6 is 11.8 Å². The number of thioether (sulfide) groups is 1. The SMILES string of the molecule is CCc1c(C)nc2n(c1=O)CC(C(=O)NCCCN1CCCC1=O)CS2. The lowest BCUT2D eigenvalue weighted by Gasteiger charge is -2.25. The predicted octanol–water partition coefficient (Wildman–Crippen LogP) is 0.965. The highest BCUT2D eigenvalue weighted by Crippen LogP contribution is 2.26. The van der Waals surface area contributed by atoms with Crippen molar-refractivity contribution in [2.75, 3.05) is 25.4 Å². The van der Waals surface area contributed by atoms with Gasteiger partial charge in [0.1, 0.15) is 0 Å². The van der Waals surface area contributed by atoms with Crippen molar-refractivity contribution in [2.24, 2.45) is 5.92 Å². The second kappa shape index (κ2) is 8.24. The van der Waals surface area contributed by atoms with E-state index in [2.05, 4.69) is 10.3 Å². The number of nitrogens with one attached hydrogen (secondary N) is 1. The van der Waals surface area contributed by atoms with E-state index < -0.39 is 0 Å². The summed E-state index contributed by atoms with van der Waals surface area (Å²) in [4.78, 5) is 43.0. The van der Waals surface area contributed by atoms with Crippen molar-refractivity contribution in [3.05, 3.63) is 21.6 Å². The Bertz CT molecular complexity index is 762. The van der Waals surface area contributed by atoms with Crippen molar-refractivity contribution >= 4 is 23.6 Å². The molecule has 8 heteroatoms. The Morgan fingerprint density at radius 3 is 2.88 bits per heavy atom. The molecule has 0 saturated carbocycles. The molecule has 1 aromatic heterocycles. The van der Waals surface area contributed by atoms with Gasteiger partial charge in [-0.1, -0.05) is 18.7 Å². The third-order valence-electron chi connectivity index (χ3n) is 5.05. The Morgan fingerprint density at radius 2 is 2.19 bits per heavy atom. The van der Waals surface area contributed by atoms with Crippen molar-refractivity contribution in [3.63, 3.8) is 0 Å².